The Bertz CT molecular complexity index is 526. The van der Waals surface area contributed by atoms with Crippen LogP contribution in [0.4, 0.5) is 0 Å². The van der Waals surface area contributed by atoms with Gasteiger partial charge in [-0.2, -0.15) is 0 Å². The highest BCUT2D eigenvalue weighted by Crippen LogP contribution is 2.18. The molecule has 3 atom stereocenters. The Morgan fingerprint density at radius 1 is 1.59 bits per heavy atom. The third-order valence-corrected chi connectivity index (χ3v) is 4.21. The highest BCUT2D eigenvalue weighted by atomic mass is 16.2. The Labute approximate surface area is 131 Å². The standard InChI is InChI=1S/C16H24N4O2/c1-4-15(21)20-9-13(6-5-12(20)3)19-16(22)11(2)7-14-8-17-10-18-14/h4,8,10-13H,1,5-7,9H2,2-3H3,(H,17,18)(H,19,22). The minimum atomic E-state index is -0.136. The zero-order chi connectivity index (χ0) is 16.1. The molecular weight excluding hydrogens is 280 g/mol. The molecule has 22 heavy (non-hydrogen) atoms. The van der Waals surface area contributed by atoms with Gasteiger partial charge >= 0.3 is 0 Å². The largest absolute Gasteiger partial charge is 0.351 e. The molecule has 1 aliphatic rings. The maximum Gasteiger partial charge on any atom is 0.246 e. The number of carbonyl (C=O) groups excluding carboxylic acids is 2. The molecule has 6 heteroatoms. The van der Waals surface area contributed by atoms with Crippen LogP contribution in [0.15, 0.2) is 25.2 Å². The Hall–Kier alpha value is -2.11. The maximum atomic E-state index is 12.3. The Morgan fingerprint density at radius 2 is 2.36 bits per heavy atom. The number of hydrogen-bond acceptors (Lipinski definition) is 3. The molecular formula is C16H24N4O2. The van der Waals surface area contributed by atoms with E-state index in [0.29, 0.717) is 13.0 Å². The van der Waals surface area contributed by atoms with Crippen LogP contribution in [0.1, 0.15) is 32.4 Å². The second kappa shape index (κ2) is 7.24. The van der Waals surface area contributed by atoms with E-state index in [1.54, 1.807) is 17.4 Å². The molecule has 1 aromatic rings. The quantitative estimate of drug-likeness (QED) is 0.804. The average molecular weight is 304 g/mol. The zero-order valence-corrected chi connectivity index (χ0v) is 13.2. The molecule has 2 amide bonds. The van der Waals surface area contributed by atoms with Crippen molar-refractivity contribution in [2.45, 2.75) is 45.2 Å². The molecule has 0 saturated carbocycles. The summed E-state index contributed by atoms with van der Waals surface area (Å²) in [5, 5.41) is 3.06. The van der Waals surface area contributed by atoms with Crippen LogP contribution in [0.2, 0.25) is 0 Å². The summed E-state index contributed by atoms with van der Waals surface area (Å²) in [5.74, 6) is -0.194. The van der Waals surface area contributed by atoms with Gasteiger partial charge in [0.2, 0.25) is 11.8 Å². The van der Waals surface area contributed by atoms with Crippen molar-refractivity contribution in [1.29, 1.82) is 0 Å². The van der Waals surface area contributed by atoms with Crippen LogP contribution in [0.5, 0.6) is 0 Å². The summed E-state index contributed by atoms with van der Waals surface area (Å²) < 4.78 is 0. The van der Waals surface area contributed by atoms with Crippen LogP contribution in [0, 0.1) is 5.92 Å². The van der Waals surface area contributed by atoms with Crippen LogP contribution < -0.4 is 5.32 Å². The van der Waals surface area contributed by atoms with Crippen molar-refractivity contribution in [3.8, 4) is 0 Å². The lowest BCUT2D eigenvalue weighted by Gasteiger charge is -2.38. The Morgan fingerprint density at radius 3 is 3.00 bits per heavy atom. The van der Waals surface area contributed by atoms with Gasteiger partial charge in [-0.05, 0) is 25.8 Å². The molecule has 0 aliphatic carbocycles. The molecule has 0 bridgehead atoms. The lowest BCUT2D eigenvalue weighted by Crippen LogP contribution is -2.53. The van der Waals surface area contributed by atoms with Gasteiger partial charge in [-0.25, -0.2) is 4.98 Å². The van der Waals surface area contributed by atoms with Crippen molar-refractivity contribution >= 4 is 11.8 Å². The van der Waals surface area contributed by atoms with E-state index < -0.39 is 0 Å². The first kappa shape index (κ1) is 16.3. The van der Waals surface area contributed by atoms with Gasteiger partial charge in [0.15, 0.2) is 0 Å². The zero-order valence-electron chi connectivity index (χ0n) is 13.2. The van der Waals surface area contributed by atoms with E-state index in [2.05, 4.69) is 21.9 Å². The second-order valence-electron chi connectivity index (χ2n) is 6.01. The van der Waals surface area contributed by atoms with Crippen molar-refractivity contribution in [1.82, 2.24) is 20.2 Å². The van der Waals surface area contributed by atoms with Crippen LogP contribution in [-0.4, -0.2) is 45.3 Å². The molecule has 2 N–H and O–H groups in total. The summed E-state index contributed by atoms with van der Waals surface area (Å²) in [5.41, 5.74) is 0.948. The Balaban J connectivity index is 1.88. The molecule has 6 nitrogen and oxygen atoms in total. The van der Waals surface area contributed by atoms with Crippen molar-refractivity contribution in [2.75, 3.05) is 6.54 Å². The maximum absolute atomic E-state index is 12.3. The van der Waals surface area contributed by atoms with Crippen LogP contribution in [-0.2, 0) is 16.0 Å². The summed E-state index contributed by atoms with van der Waals surface area (Å²) in [7, 11) is 0. The summed E-state index contributed by atoms with van der Waals surface area (Å²) in [6, 6.07) is 0.206. The highest BCUT2D eigenvalue weighted by Gasteiger charge is 2.29. The van der Waals surface area contributed by atoms with E-state index in [1.807, 2.05) is 13.8 Å². The molecule has 0 spiro atoms. The molecule has 1 fully saturated rings. The fourth-order valence-corrected chi connectivity index (χ4v) is 2.81. The second-order valence-corrected chi connectivity index (χ2v) is 6.01. The fraction of sp³-hybridized carbons (Fsp3) is 0.562. The SMILES string of the molecule is C=CC(=O)N1CC(NC(=O)C(C)Cc2cnc[nH]2)CCC1C. The molecule has 0 aromatic carbocycles. The number of nitrogens with one attached hydrogen (secondary N) is 2. The van der Waals surface area contributed by atoms with E-state index >= 15 is 0 Å². The van der Waals surface area contributed by atoms with Gasteiger partial charge in [-0.15, -0.1) is 0 Å². The number of amides is 2. The average Bonchev–Trinajstić information content (AvgIpc) is 3.01. The summed E-state index contributed by atoms with van der Waals surface area (Å²) in [4.78, 5) is 32.9. The third kappa shape index (κ3) is 3.96. The number of carbonyl (C=O) groups is 2. The van der Waals surface area contributed by atoms with Crippen LogP contribution in [0.3, 0.4) is 0 Å². The molecule has 0 radical (unpaired) electrons. The number of H-pyrrole nitrogens is 1. The number of rotatable bonds is 5. The minimum absolute atomic E-state index is 0.0109. The number of aromatic nitrogens is 2. The van der Waals surface area contributed by atoms with Gasteiger partial charge < -0.3 is 15.2 Å². The lowest BCUT2D eigenvalue weighted by molar-refractivity contribution is -0.132. The lowest BCUT2D eigenvalue weighted by atomic mass is 9.97. The van der Waals surface area contributed by atoms with E-state index in [1.165, 1.54) is 6.08 Å². The monoisotopic (exact) mass is 304 g/mol. The predicted octanol–water partition coefficient (Wildman–Crippen LogP) is 1.27. The number of hydrogen-bond donors (Lipinski definition) is 2. The summed E-state index contributed by atoms with van der Waals surface area (Å²) >= 11 is 0. The molecule has 1 aromatic heterocycles. The van der Waals surface area contributed by atoms with Crippen molar-refractivity contribution in [2.24, 2.45) is 5.92 Å². The molecule has 3 unspecified atom stereocenters. The number of aromatic amines is 1. The van der Waals surface area contributed by atoms with Crippen molar-refractivity contribution in [3.63, 3.8) is 0 Å². The van der Waals surface area contributed by atoms with E-state index in [0.717, 1.165) is 18.5 Å². The van der Waals surface area contributed by atoms with E-state index in [9.17, 15) is 9.59 Å². The third-order valence-electron chi connectivity index (χ3n) is 4.21. The van der Waals surface area contributed by atoms with Crippen LogP contribution >= 0.6 is 0 Å². The number of nitrogens with zero attached hydrogens (tertiary/aromatic N) is 2. The van der Waals surface area contributed by atoms with Crippen LogP contribution in [0.25, 0.3) is 0 Å². The van der Waals surface area contributed by atoms with E-state index in [4.69, 9.17) is 0 Å². The number of imidazole rings is 1. The first-order valence-corrected chi connectivity index (χ1v) is 7.72. The van der Waals surface area contributed by atoms with Gasteiger partial charge in [0.25, 0.3) is 0 Å². The highest BCUT2D eigenvalue weighted by molar-refractivity contribution is 5.87. The van der Waals surface area contributed by atoms with Gasteiger partial charge in [0, 0.05) is 42.9 Å². The van der Waals surface area contributed by atoms with Gasteiger partial charge in [-0.3, -0.25) is 9.59 Å². The number of likely N-dealkylation sites (tertiary alicyclic amines) is 1. The topological polar surface area (TPSA) is 78.1 Å². The molecule has 2 heterocycles. The molecule has 1 saturated heterocycles. The van der Waals surface area contributed by atoms with Crippen molar-refractivity contribution < 1.29 is 9.59 Å². The normalized spacial score (nSPS) is 22.9. The summed E-state index contributed by atoms with van der Waals surface area (Å²) in [6.07, 6.45) is 7.09. The summed E-state index contributed by atoms with van der Waals surface area (Å²) in [6.45, 7) is 8.01. The minimum Gasteiger partial charge on any atom is -0.351 e. The molecule has 2 rings (SSSR count). The predicted molar refractivity (Wildman–Crippen MR) is 84.0 cm³/mol. The van der Waals surface area contributed by atoms with Gasteiger partial charge in [0.05, 0.1) is 6.33 Å². The van der Waals surface area contributed by atoms with Gasteiger partial charge in [0.1, 0.15) is 0 Å². The fourth-order valence-electron chi connectivity index (χ4n) is 2.81. The number of piperidine rings is 1. The van der Waals surface area contributed by atoms with Crippen molar-refractivity contribution in [3.05, 3.63) is 30.9 Å². The smallest absolute Gasteiger partial charge is 0.246 e. The van der Waals surface area contributed by atoms with E-state index in [-0.39, 0.29) is 29.8 Å². The first-order valence-electron chi connectivity index (χ1n) is 7.72. The molecule has 120 valence electrons. The Kier molecular flexibility index (Phi) is 5.35. The first-order chi connectivity index (χ1) is 10.5. The molecule has 1 aliphatic heterocycles. The van der Waals surface area contributed by atoms with Gasteiger partial charge in [-0.1, -0.05) is 13.5 Å².